The molecule has 14 nitrogen and oxygen atoms in total. The van der Waals surface area contributed by atoms with Crippen LogP contribution in [0, 0.1) is 12.0 Å². The van der Waals surface area contributed by atoms with Crippen LogP contribution in [0.3, 0.4) is 0 Å². The van der Waals surface area contributed by atoms with Crippen molar-refractivity contribution in [2.75, 3.05) is 65.4 Å². The van der Waals surface area contributed by atoms with E-state index in [0.717, 1.165) is 92.7 Å². The predicted octanol–water partition coefficient (Wildman–Crippen LogP) is 4.84. The summed E-state index contributed by atoms with van der Waals surface area (Å²) in [5.74, 6) is -1.26. The standard InChI is InChI=1S/C41H44ClN9O5/c1-25-19-41(24-50(25)27-4-6-34(43-2)33(42)18-27)11-15-47(16-12-41)28-20-44-40(45-21-28)48-13-9-29(10-14-48)56-30-22-49(23-30)26-3-5-31-32(17-26)39(55)51(38(31)54)35-7-8-36(52)46-37(35)53/h3-6,17-18,20-21,25,29-30,35H,7-16,19,22-24H2,1H3,(H,46,52,53)/t25-,35?/m0/s1. The van der Waals surface area contributed by atoms with Gasteiger partial charge in [0.1, 0.15) is 6.04 Å². The average Bonchev–Trinajstić information content (AvgIpc) is 3.64. The summed E-state index contributed by atoms with van der Waals surface area (Å²) in [6.07, 6.45) is 9.48. The second-order valence-electron chi connectivity index (χ2n) is 16.2. The van der Waals surface area contributed by atoms with Crippen LogP contribution in [0.5, 0.6) is 0 Å². The third-order valence-electron chi connectivity index (χ3n) is 12.7. The maximum atomic E-state index is 13.3. The predicted molar refractivity (Wildman–Crippen MR) is 210 cm³/mol. The van der Waals surface area contributed by atoms with Crippen molar-refractivity contribution in [3.63, 3.8) is 0 Å². The second-order valence-corrected chi connectivity index (χ2v) is 16.6. The zero-order chi connectivity index (χ0) is 38.7. The Labute approximate surface area is 330 Å². The summed E-state index contributed by atoms with van der Waals surface area (Å²) in [7, 11) is 0. The SMILES string of the molecule is [C-]#[N+]c1ccc(N2CC3(CCN(c4cnc(N5CCC(OC6CN(c7ccc8c(c7)C(=O)N(C7CCC(=O)NC7=O)C8=O)C6)CC5)nc4)CC3)C[C@@H]2C)cc1Cl. The van der Waals surface area contributed by atoms with Gasteiger partial charge in [-0.25, -0.2) is 14.8 Å². The van der Waals surface area contributed by atoms with E-state index in [1.54, 1.807) is 12.1 Å². The first kappa shape index (κ1) is 36.4. The summed E-state index contributed by atoms with van der Waals surface area (Å²) in [6.45, 7) is 15.5. The molecule has 56 heavy (non-hydrogen) atoms. The van der Waals surface area contributed by atoms with Crippen LogP contribution in [-0.4, -0.2) is 109 Å². The molecule has 1 unspecified atom stereocenters. The lowest BCUT2D eigenvalue weighted by Crippen LogP contribution is -2.54. The molecule has 5 fully saturated rings. The smallest absolute Gasteiger partial charge is 0.262 e. The molecule has 0 aliphatic carbocycles. The minimum absolute atomic E-state index is 0.0716. The first-order chi connectivity index (χ1) is 27.1. The number of imide groups is 2. The summed E-state index contributed by atoms with van der Waals surface area (Å²) in [4.78, 5) is 73.6. The van der Waals surface area contributed by atoms with Gasteiger partial charge in [-0.05, 0) is 81.2 Å². The van der Waals surface area contributed by atoms with Crippen LogP contribution in [0.2, 0.25) is 5.02 Å². The molecule has 2 atom stereocenters. The highest BCUT2D eigenvalue weighted by atomic mass is 35.5. The van der Waals surface area contributed by atoms with E-state index in [1.807, 2.05) is 36.7 Å². The average molecular weight is 778 g/mol. The topological polar surface area (TPSA) is 136 Å². The molecule has 2 aromatic carbocycles. The molecule has 5 saturated heterocycles. The van der Waals surface area contributed by atoms with Gasteiger partial charge in [0.05, 0.1) is 48.0 Å². The van der Waals surface area contributed by atoms with Gasteiger partial charge in [0.25, 0.3) is 11.8 Å². The number of anilines is 4. The van der Waals surface area contributed by atoms with Crippen molar-refractivity contribution in [3.05, 3.63) is 76.4 Å². The van der Waals surface area contributed by atoms with Crippen molar-refractivity contribution >= 4 is 63.9 Å². The number of piperidine rings is 3. The zero-order valence-corrected chi connectivity index (χ0v) is 32.1. The number of amides is 4. The highest BCUT2D eigenvalue weighted by Crippen LogP contribution is 2.46. The molecule has 6 aliphatic rings. The van der Waals surface area contributed by atoms with Gasteiger partial charge >= 0.3 is 0 Å². The summed E-state index contributed by atoms with van der Waals surface area (Å²) in [6, 6.07) is 10.4. The number of hydrogen-bond acceptors (Lipinski definition) is 11. The normalized spacial score (nSPS) is 24.1. The van der Waals surface area contributed by atoms with E-state index in [2.05, 4.69) is 36.7 Å². The van der Waals surface area contributed by atoms with E-state index in [-0.39, 0.29) is 41.6 Å². The van der Waals surface area contributed by atoms with Crippen molar-refractivity contribution in [2.45, 2.75) is 76.2 Å². The van der Waals surface area contributed by atoms with Gasteiger partial charge in [0.15, 0.2) is 0 Å². The number of benzene rings is 2. The molecule has 0 saturated carbocycles. The van der Waals surface area contributed by atoms with Gasteiger partial charge in [0, 0.05) is 74.7 Å². The van der Waals surface area contributed by atoms with Crippen molar-refractivity contribution < 1.29 is 23.9 Å². The van der Waals surface area contributed by atoms with E-state index in [4.69, 9.17) is 32.9 Å². The van der Waals surface area contributed by atoms with Crippen LogP contribution in [0.25, 0.3) is 4.85 Å². The number of nitrogens with one attached hydrogen (secondary N) is 1. The number of fused-ring (bicyclic) bond motifs is 1. The lowest BCUT2D eigenvalue weighted by molar-refractivity contribution is -0.136. The number of nitrogens with zero attached hydrogens (tertiary/aromatic N) is 8. The van der Waals surface area contributed by atoms with Crippen molar-refractivity contribution in [1.29, 1.82) is 0 Å². The van der Waals surface area contributed by atoms with Crippen molar-refractivity contribution in [3.8, 4) is 0 Å². The molecule has 0 bridgehead atoms. The molecule has 7 heterocycles. The van der Waals surface area contributed by atoms with Crippen LogP contribution in [0.1, 0.15) is 72.6 Å². The summed E-state index contributed by atoms with van der Waals surface area (Å²) in [5, 5.41) is 2.75. The first-order valence-electron chi connectivity index (χ1n) is 19.6. The molecular formula is C41H44ClN9O5. The molecule has 0 radical (unpaired) electrons. The minimum Gasteiger partial charge on any atom is -0.371 e. The number of carbonyl (C=O) groups is 4. The van der Waals surface area contributed by atoms with Crippen LogP contribution >= 0.6 is 11.6 Å². The van der Waals surface area contributed by atoms with Crippen molar-refractivity contribution in [1.82, 2.24) is 20.2 Å². The Kier molecular flexibility index (Phi) is 9.32. The monoisotopic (exact) mass is 777 g/mol. The molecule has 4 amide bonds. The number of halogens is 1. The fourth-order valence-electron chi connectivity index (χ4n) is 9.53. The highest BCUT2D eigenvalue weighted by Gasteiger charge is 2.46. The summed E-state index contributed by atoms with van der Waals surface area (Å²) >= 11 is 6.38. The molecule has 1 spiro atoms. The van der Waals surface area contributed by atoms with E-state index in [1.165, 1.54) is 0 Å². The summed E-state index contributed by atoms with van der Waals surface area (Å²) < 4.78 is 6.47. The lowest BCUT2D eigenvalue weighted by Gasteiger charge is -2.43. The van der Waals surface area contributed by atoms with Crippen LogP contribution in [0.15, 0.2) is 48.8 Å². The zero-order valence-electron chi connectivity index (χ0n) is 31.3. The molecular weight excluding hydrogens is 734 g/mol. The van der Waals surface area contributed by atoms with Crippen LogP contribution < -0.4 is 24.9 Å². The Balaban J connectivity index is 0.725. The molecule has 1 N–H and O–H groups in total. The molecule has 15 heteroatoms. The third kappa shape index (κ3) is 6.60. The Morgan fingerprint density at radius 3 is 2.25 bits per heavy atom. The maximum absolute atomic E-state index is 13.3. The Bertz CT molecular complexity index is 2120. The second kappa shape index (κ2) is 14.4. The fourth-order valence-corrected chi connectivity index (χ4v) is 9.74. The van der Waals surface area contributed by atoms with Crippen molar-refractivity contribution in [2.24, 2.45) is 5.41 Å². The maximum Gasteiger partial charge on any atom is 0.262 e. The van der Waals surface area contributed by atoms with E-state index in [0.29, 0.717) is 29.8 Å². The number of hydrogen-bond donors (Lipinski definition) is 1. The molecule has 290 valence electrons. The Morgan fingerprint density at radius 1 is 0.839 bits per heavy atom. The third-order valence-corrected chi connectivity index (χ3v) is 13.0. The van der Waals surface area contributed by atoms with Gasteiger partial charge in [-0.2, -0.15) is 0 Å². The lowest BCUT2D eigenvalue weighted by atomic mass is 9.76. The molecule has 6 aliphatic heterocycles. The first-order valence-corrected chi connectivity index (χ1v) is 20.0. The van der Waals surface area contributed by atoms with Gasteiger partial charge in [-0.1, -0.05) is 17.7 Å². The summed E-state index contributed by atoms with van der Waals surface area (Å²) in [5.41, 5.74) is 4.31. The number of aromatic nitrogens is 2. The van der Waals surface area contributed by atoms with Crippen LogP contribution in [-0.2, 0) is 14.3 Å². The highest BCUT2D eigenvalue weighted by molar-refractivity contribution is 6.33. The van der Waals surface area contributed by atoms with Gasteiger partial charge in [-0.3, -0.25) is 29.4 Å². The number of rotatable bonds is 7. The van der Waals surface area contributed by atoms with Gasteiger partial charge in [-0.15, -0.1) is 0 Å². The van der Waals surface area contributed by atoms with Gasteiger partial charge < -0.3 is 24.3 Å². The van der Waals surface area contributed by atoms with Gasteiger partial charge in [0.2, 0.25) is 23.5 Å². The number of carbonyl (C=O) groups excluding carboxylic acids is 4. The quantitative estimate of drug-likeness (QED) is 0.261. The van der Waals surface area contributed by atoms with Crippen LogP contribution in [0.4, 0.5) is 28.7 Å². The van der Waals surface area contributed by atoms with E-state index < -0.39 is 29.7 Å². The largest absolute Gasteiger partial charge is 0.371 e. The number of ether oxygens (including phenoxy) is 1. The fraction of sp³-hybridized carbons (Fsp3) is 0.488. The minimum atomic E-state index is -0.977. The molecule has 1 aromatic heterocycles. The van der Waals surface area contributed by atoms with E-state index >= 15 is 0 Å². The Morgan fingerprint density at radius 2 is 1.55 bits per heavy atom. The van der Waals surface area contributed by atoms with E-state index in [9.17, 15) is 19.2 Å². The molecule has 3 aromatic rings. The molecule has 9 rings (SSSR count). The Hall–Kier alpha value is -5.26.